The third kappa shape index (κ3) is 5.11. The molecule has 5 heteroatoms. The van der Waals surface area contributed by atoms with Gasteiger partial charge < -0.3 is 14.6 Å². The van der Waals surface area contributed by atoms with Crippen LogP contribution in [0.2, 0.25) is 0 Å². The molecule has 1 aliphatic rings. The standard InChI is InChI=1S/C18H28O4S/c1-5-6-7-15-17(19)16(22-18(3,4)21-15)12-23(20)14-10-8-13(2)9-11-14/h8-11,15-17,19H,5-7,12H2,1-4H3/t15-,16+,17+,23+/m0/s1. The van der Waals surface area contributed by atoms with Gasteiger partial charge in [-0.05, 0) is 39.3 Å². The zero-order chi connectivity index (χ0) is 17.0. The second kappa shape index (κ2) is 7.88. The average molecular weight is 340 g/mol. The van der Waals surface area contributed by atoms with E-state index < -0.39 is 28.8 Å². The fourth-order valence-corrected chi connectivity index (χ4v) is 4.03. The van der Waals surface area contributed by atoms with Gasteiger partial charge in [-0.1, -0.05) is 37.5 Å². The first-order valence-electron chi connectivity index (χ1n) is 8.31. The molecule has 0 aliphatic carbocycles. The Bertz CT molecular complexity index is 526. The third-order valence-electron chi connectivity index (χ3n) is 4.07. The second-order valence-electron chi connectivity index (χ2n) is 6.67. The van der Waals surface area contributed by atoms with Crippen molar-refractivity contribution in [2.24, 2.45) is 0 Å². The highest BCUT2D eigenvalue weighted by atomic mass is 32.2. The molecule has 23 heavy (non-hydrogen) atoms. The number of aliphatic hydroxyl groups excluding tert-OH is 1. The Hall–Kier alpha value is -0.750. The van der Waals surface area contributed by atoms with Crippen LogP contribution in [0.15, 0.2) is 29.2 Å². The zero-order valence-electron chi connectivity index (χ0n) is 14.5. The van der Waals surface area contributed by atoms with Crippen LogP contribution >= 0.6 is 0 Å². The number of unbranched alkanes of at least 4 members (excludes halogenated alkanes) is 1. The number of hydrogen-bond acceptors (Lipinski definition) is 4. The van der Waals surface area contributed by atoms with E-state index in [2.05, 4.69) is 6.92 Å². The summed E-state index contributed by atoms with van der Waals surface area (Å²) in [5, 5.41) is 10.5. The van der Waals surface area contributed by atoms with Crippen LogP contribution in [-0.4, -0.2) is 39.2 Å². The first-order chi connectivity index (χ1) is 10.8. The molecule has 4 nitrogen and oxygen atoms in total. The molecule has 0 amide bonds. The fraction of sp³-hybridized carbons (Fsp3) is 0.667. The Labute approximate surface area is 141 Å². The van der Waals surface area contributed by atoms with Gasteiger partial charge in [-0.2, -0.15) is 0 Å². The van der Waals surface area contributed by atoms with Gasteiger partial charge in [0.15, 0.2) is 5.79 Å². The predicted molar refractivity (Wildman–Crippen MR) is 91.8 cm³/mol. The van der Waals surface area contributed by atoms with Crippen molar-refractivity contribution >= 4 is 10.8 Å². The van der Waals surface area contributed by atoms with Crippen molar-refractivity contribution in [3.05, 3.63) is 29.8 Å². The van der Waals surface area contributed by atoms with E-state index in [0.29, 0.717) is 0 Å². The van der Waals surface area contributed by atoms with Crippen LogP contribution in [0.4, 0.5) is 0 Å². The molecule has 0 aromatic heterocycles. The Balaban J connectivity index is 2.07. The lowest BCUT2D eigenvalue weighted by Crippen LogP contribution is -2.55. The summed E-state index contributed by atoms with van der Waals surface area (Å²) in [5.74, 6) is -0.487. The maximum atomic E-state index is 12.6. The van der Waals surface area contributed by atoms with Gasteiger partial charge in [-0.3, -0.25) is 4.21 Å². The lowest BCUT2D eigenvalue weighted by Gasteiger charge is -2.44. The molecule has 2 rings (SSSR count). The van der Waals surface area contributed by atoms with Crippen molar-refractivity contribution in [3.63, 3.8) is 0 Å². The molecule has 0 unspecified atom stereocenters. The molecule has 1 aromatic carbocycles. The van der Waals surface area contributed by atoms with E-state index >= 15 is 0 Å². The molecule has 1 heterocycles. The molecular weight excluding hydrogens is 312 g/mol. The molecule has 0 radical (unpaired) electrons. The van der Waals surface area contributed by atoms with Crippen LogP contribution in [0.3, 0.4) is 0 Å². The first-order valence-corrected chi connectivity index (χ1v) is 9.63. The summed E-state index contributed by atoms with van der Waals surface area (Å²) in [5.41, 5.74) is 1.13. The number of aliphatic hydroxyl groups is 1. The summed E-state index contributed by atoms with van der Waals surface area (Å²) >= 11 is 0. The van der Waals surface area contributed by atoms with Crippen LogP contribution in [0.25, 0.3) is 0 Å². The highest BCUT2D eigenvalue weighted by Crippen LogP contribution is 2.30. The number of ether oxygens (including phenoxy) is 2. The summed E-state index contributed by atoms with van der Waals surface area (Å²) in [6.07, 6.45) is 1.34. The SMILES string of the molecule is CCCC[C@@H]1OC(C)(C)O[C@H](C[S@@](=O)c2ccc(C)cc2)[C@@H]1O. The minimum absolute atomic E-state index is 0.265. The number of benzene rings is 1. The average Bonchev–Trinajstić information content (AvgIpc) is 2.49. The molecule has 1 fully saturated rings. The smallest absolute Gasteiger partial charge is 0.163 e. The summed E-state index contributed by atoms with van der Waals surface area (Å²) in [7, 11) is -1.20. The minimum atomic E-state index is -1.20. The molecule has 0 bridgehead atoms. The molecule has 1 aromatic rings. The second-order valence-corrected chi connectivity index (χ2v) is 8.17. The van der Waals surface area contributed by atoms with Crippen molar-refractivity contribution in [1.82, 2.24) is 0 Å². The Morgan fingerprint density at radius 2 is 1.78 bits per heavy atom. The van der Waals surface area contributed by atoms with E-state index in [9.17, 15) is 9.32 Å². The van der Waals surface area contributed by atoms with Gasteiger partial charge in [0.1, 0.15) is 12.2 Å². The monoisotopic (exact) mass is 340 g/mol. The van der Waals surface area contributed by atoms with E-state index in [1.54, 1.807) is 0 Å². The first kappa shape index (κ1) is 18.6. The molecule has 1 aliphatic heterocycles. The van der Waals surface area contributed by atoms with Gasteiger partial charge in [-0.15, -0.1) is 0 Å². The Morgan fingerprint density at radius 3 is 2.39 bits per heavy atom. The summed E-state index contributed by atoms with van der Waals surface area (Å²) < 4.78 is 24.3. The molecule has 1 saturated heterocycles. The van der Waals surface area contributed by atoms with Gasteiger partial charge in [0.05, 0.1) is 22.7 Å². The number of hydrogen-bond donors (Lipinski definition) is 1. The molecule has 130 valence electrons. The predicted octanol–water partition coefficient (Wildman–Crippen LogP) is 3.17. The number of rotatable bonds is 6. The van der Waals surface area contributed by atoms with E-state index in [1.807, 2.05) is 45.0 Å². The van der Waals surface area contributed by atoms with Crippen LogP contribution in [0.5, 0.6) is 0 Å². The molecule has 0 saturated carbocycles. The van der Waals surface area contributed by atoms with Crippen molar-refractivity contribution in [2.45, 2.75) is 76.0 Å². The van der Waals surface area contributed by atoms with Crippen LogP contribution in [0.1, 0.15) is 45.6 Å². The Morgan fingerprint density at radius 1 is 1.17 bits per heavy atom. The maximum absolute atomic E-state index is 12.6. The minimum Gasteiger partial charge on any atom is -0.388 e. The summed E-state index contributed by atoms with van der Waals surface area (Å²) in [6, 6.07) is 7.64. The zero-order valence-corrected chi connectivity index (χ0v) is 15.3. The van der Waals surface area contributed by atoms with Gasteiger partial charge in [0, 0.05) is 4.90 Å². The molecular formula is C18H28O4S. The van der Waals surface area contributed by atoms with Crippen molar-refractivity contribution < 1.29 is 18.8 Å². The van der Waals surface area contributed by atoms with Crippen molar-refractivity contribution in [1.29, 1.82) is 0 Å². The topological polar surface area (TPSA) is 55.8 Å². The highest BCUT2D eigenvalue weighted by molar-refractivity contribution is 7.85. The Kier molecular flexibility index (Phi) is 6.37. The number of aryl methyl sites for hydroxylation is 1. The third-order valence-corrected chi connectivity index (χ3v) is 5.50. The maximum Gasteiger partial charge on any atom is 0.163 e. The van der Waals surface area contributed by atoms with E-state index in [-0.39, 0.29) is 11.9 Å². The van der Waals surface area contributed by atoms with Gasteiger partial charge in [0.25, 0.3) is 0 Å². The van der Waals surface area contributed by atoms with Crippen LogP contribution in [-0.2, 0) is 20.3 Å². The van der Waals surface area contributed by atoms with Gasteiger partial charge in [0.2, 0.25) is 0 Å². The van der Waals surface area contributed by atoms with E-state index in [0.717, 1.165) is 29.7 Å². The molecule has 1 N–H and O–H groups in total. The largest absolute Gasteiger partial charge is 0.388 e. The van der Waals surface area contributed by atoms with Crippen molar-refractivity contribution in [3.8, 4) is 0 Å². The highest BCUT2D eigenvalue weighted by Gasteiger charge is 2.42. The summed E-state index contributed by atoms with van der Waals surface area (Å²) in [4.78, 5) is 0.765. The lowest BCUT2D eigenvalue weighted by molar-refractivity contribution is -0.328. The van der Waals surface area contributed by atoms with Crippen LogP contribution < -0.4 is 0 Å². The van der Waals surface area contributed by atoms with Gasteiger partial charge >= 0.3 is 0 Å². The normalized spacial score (nSPS) is 28.5. The molecule has 4 atom stereocenters. The van der Waals surface area contributed by atoms with Crippen LogP contribution in [0, 0.1) is 6.92 Å². The lowest BCUT2D eigenvalue weighted by atomic mass is 10.0. The van der Waals surface area contributed by atoms with Gasteiger partial charge in [-0.25, -0.2) is 0 Å². The quantitative estimate of drug-likeness (QED) is 0.864. The van der Waals surface area contributed by atoms with Crippen molar-refractivity contribution in [2.75, 3.05) is 5.75 Å². The fourth-order valence-electron chi connectivity index (χ4n) is 2.84. The van der Waals surface area contributed by atoms with E-state index in [1.165, 1.54) is 0 Å². The van der Waals surface area contributed by atoms with E-state index in [4.69, 9.17) is 9.47 Å². The summed E-state index contributed by atoms with van der Waals surface area (Å²) in [6.45, 7) is 7.80. The molecule has 0 spiro atoms.